The molecule has 23 heavy (non-hydrogen) atoms. The zero-order valence-electron chi connectivity index (χ0n) is 13.4. The topological polar surface area (TPSA) is 82.4 Å². The monoisotopic (exact) mass is 315 g/mol. The standard InChI is InChI=1S/C17H21N3O3/c1-12(20-9-7-13(8-10-20)17(22)23-2)16(21)19-15-6-4-3-5-14(15)11-18/h3-6,12-13H,7-10H2,1-2H3,(H,19,21)/t12-/m0/s1. The van der Waals surface area contributed by atoms with Crippen LogP contribution in [-0.2, 0) is 14.3 Å². The van der Waals surface area contributed by atoms with Crippen molar-refractivity contribution in [1.29, 1.82) is 5.26 Å². The van der Waals surface area contributed by atoms with E-state index in [0.29, 0.717) is 37.2 Å². The Morgan fingerprint density at radius 1 is 1.35 bits per heavy atom. The van der Waals surface area contributed by atoms with Crippen LogP contribution in [0.5, 0.6) is 0 Å². The quantitative estimate of drug-likeness (QED) is 0.856. The highest BCUT2D eigenvalue weighted by Gasteiger charge is 2.30. The molecule has 1 aliphatic rings. The fourth-order valence-electron chi connectivity index (χ4n) is 2.78. The summed E-state index contributed by atoms with van der Waals surface area (Å²) in [4.78, 5) is 26.0. The number of benzene rings is 1. The van der Waals surface area contributed by atoms with E-state index < -0.39 is 0 Å². The van der Waals surface area contributed by atoms with Crippen LogP contribution in [0, 0.1) is 17.2 Å². The number of carbonyl (C=O) groups is 2. The summed E-state index contributed by atoms with van der Waals surface area (Å²) in [5.41, 5.74) is 0.966. The summed E-state index contributed by atoms with van der Waals surface area (Å²) in [7, 11) is 1.40. The maximum Gasteiger partial charge on any atom is 0.308 e. The van der Waals surface area contributed by atoms with Crippen molar-refractivity contribution >= 4 is 17.6 Å². The van der Waals surface area contributed by atoms with Crippen molar-refractivity contribution in [2.24, 2.45) is 5.92 Å². The molecule has 122 valence electrons. The Morgan fingerprint density at radius 3 is 2.61 bits per heavy atom. The number of para-hydroxylation sites is 1. The molecule has 2 rings (SSSR count). The van der Waals surface area contributed by atoms with Crippen LogP contribution in [0.15, 0.2) is 24.3 Å². The smallest absolute Gasteiger partial charge is 0.308 e. The highest BCUT2D eigenvalue weighted by molar-refractivity contribution is 5.95. The largest absolute Gasteiger partial charge is 0.469 e. The third-order valence-electron chi connectivity index (χ3n) is 4.30. The summed E-state index contributed by atoms with van der Waals surface area (Å²) in [6.07, 6.45) is 1.39. The number of nitrogens with zero attached hydrogens (tertiary/aromatic N) is 2. The minimum Gasteiger partial charge on any atom is -0.469 e. The van der Waals surface area contributed by atoms with Crippen molar-refractivity contribution in [3.63, 3.8) is 0 Å². The van der Waals surface area contributed by atoms with Gasteiger partial charge in [0.2, 0.25) is 5.91 Å². The predicted molar refractivity (Wildman–Crippen MR) is 85.6 cm³/mol. The maximum absolute atomic E-state index is 12.4. The third-order valence-corrected chi connectivity index (χ3v) is 4.30. The number of nitrogens with one attached hydrogen (secondary N) is 1. The molecular formula is C17H21N3O3. The number of likely N-dealkylation sites (tertiary alicyclic amines) is 1. The summed E-state index contributed by atoms with van der Waals surface area (Å²) in [5.74, 6) is -0.403. The summed E-state index contributed by atoms with van der Waals surface area (Å²) < 4.78 is 4.77. The Bertz CT molecular complexity index is 616. The molecule has 1 aliphatic heterocycles. The number of carbonyl (C=O) groups excluding carboxylic acids is 2. The number of hydrogen-bond donors (Lipinski definition) is 1. The Labute approximate surface area is 136 Å². The first-order chi connectivity index (χ1) is 11.1. The van der Waals surface area contributed by atoms with Crippen LogP contribution in [0.25, 0.3) is 0 Å². The van der Waals surface area contributed by atoms with E-state index in [9.17, 15) is 9.59 Å². The lowest BCUT2D eigenvalue weighted by atomic mass is 9.96. The van der Waals surface area contributed by atoms with Crippen molar-refractivity contribution < 1.29 is 14.3 Å². The lowest BCUT2D eigenvalue weighted by Gasteiger charge is -2.34. The van der Waals surface area contributed by atoms with Crippen molar-refractivity contribution in [2.45, 2.75) is 25.8 Å². The Balaban J connectivity index is 1.93. The number of esters is 1. The number of nitriles is 1. The second-order valence-electron chi connectivity index (χ2n) is 5.66. The zero-order valence-corrected chi connectivity index (χ0v) is 13.4. The van der Waals surface area contributed by atoms with E-state index in [1.54, 1.807) is 24.3 Å². The molecule has 1 aromatic rings. The first-order valence-electron chi connectivity index (χ1n) is 7.68. The minimum absolute atomic E-state index is 0.0779. The fraction of sp³-hybridized carbons (Fsp3) is 0.471. The van der Waals surface area contributed by atoms with E-state index in [-0.39, 0.29) is 23.8 Å². The van der Waals surface area contributed by atoms with Crippen LogP contribution in [0.2, 0.25) is 0 Å². The normalized spacial score (nSPS) is 17.1. The molecule has 0 saturated carbocycles. The van der Waals surface area contributed by atoms with Crippen molar-refractivity contribution in [1.82, 2.24) is 4.90 Å². The first-order valence-corrected chi connectivity index (χ1v) is 7.68. The van der Waals surface area contributed by atoms with Gasteiger partial charge in [-0.05, 0) is 45.0 Å². The molecule has 1 saturated heterocycles. The molecule has 1 aromatic carbocycles. The van der Waals surface area contributed by atoms with Crippen LogP contribution in [-0.4, -0.2) is 43.0 Å². The molecule has 0 spiro atoms. The van der Waals surface area contributed by atoms with E-state index >= 15 is 0 Å². The summed E-state index contributed by atoms with van der Waals surface area (Å²) >= 11 is 0. The van der Waals surface area contributed by atoms with Gasteiger partial charge in [0.05, 0.1) is 30.3 Å². The maximum atomic E-state index is 12.4. The average Bonchev–Trinajstić information content (AvgIpc) is 2.61. The van der Waals surface area contributed by atoms with Crippen molar-refractivity contribution in [2.75, 3.05) is 25.5 Å². The number of ether oxygens (including phenoxy) is 1. The molecule has 6 nitrogen and oxygen atoms in total. The van der Waals surface area contributed by atoms with Gasteiger partial charge in [0.1, 0.15) is 6.07 Å². The predicted octanol–water partition coefficient (Wildman–Crippen LogP) is 1.77. The molecule has 0 aliphatic carbocycles. The Hall–Kier alpha value is -2.39. The van der Waals surface area contributed by atoms with E-state index in [1.807, 2.05) is 11.8 Å². The second-order valence-corrected chi connectivity index (χ2v) is 5.66. The van der Waals surface area contributed by atoms with Gasteiger partial charge in [0.25, 0.3) is 0 Å². The molecule has 1 fully saturated rings. The summed E-state index contributed by atoms with van der Waals surface area (Å²) in [6, 6.07) is 8.67. The second kappa shape index (κ2) is 7.75. The van der Waals surface area contributed by atoms with Gasteiger partial charge < -0.3 is 10.1 Å². The van der Waals surface area contributed by atoms with Crippen LogP contribution >= 0.6 is 0 Å². The van der Waals surface area contributed by atoms with Gasteiger partial charge in [-0.15, -0.1) is 0 Å². The van der Waals surface area contributed by atoms with Gasteiger partial charge in [0.15, 0.2) is 0 Å². The number of rotatable bonds is 4. The lowest BCUT2D eigenvalue weighted by Crippen LogP contribution is -2.47. The number of methoxy groups -OCH3 is 1. The summed E-state index contributed by atoms with van der Waals surface area (Å²) in [6.45, 7) is 3.19. The average molecular weight is 315 g/mol. The van der Waals surface area contributed by atoms with E-state index in [2.05, 4.69) is 11.4 Å². The van der Waals surface area contributed by atoms with Gasteiger partial charge in [0, 0.05) is 0 Å². The zero-order chi connectivity index (χ0) is 16.8. The molecular weight excluding hydrogens is 294 g/mol. The number of anilines is 1. The van der Waals surface area contributed by atoms with Gasteiger partial charge in [-0.3, -0.25) is 14.5 Å². The minimum atomic E-state index is -0.319. The molecule has 0 unspecified atom stereocenters. The van der Waals surface area contributed by atoms with E-state index in [1.165, 1.54) is 7.11 Å². The first kappa shape index (κ1) is 17.0. The Morgan fingerprint density at radius 2 is 2.00 bits per heavy atom. The molecule has 1 N–H and O–H groups in total. The van der Waals surface area contributed by atoms with Crippen molar-refractivity contribution in [3.8, 4) is 6.07 Å². The van der Waals surface area contributed by atoms with Gasteiger partial charge in [-0.1, -0.05) is 12.1 Å². The highest BCUT2D eigenvalue weighted by Crippen LogP contribution is 2.21. The molecule has 1 amide bonds. The van der Waals surface area contributed by atoms with Crippen LogP contribution in [0.3, 0.4) is 0 Å². The number of amides is 1. The molecule has 6 heteroatoms. The highest BCUT2D eigenvalue weighted by atomic mass is 16.5. The molecule has 0 bridgehead atoms. The molecule has 0 aromatic heterocycles. The molecule has 1 atom stereocenters. The van der Waals surface area contributed by atoms with Crippen LogP contribution in [0.4, 0.5) is 5.69 Å². The molecule has 1 heterocycles. The van der Waals surface area contributed by atoms with E-state index in [4.69, 9.17) is 10.00 Å². The van der Waals surface area contributed by atoms with Gasteiger partial charge in [-0.25, -0.2) is 0 Å². The summed E-state index contributed by atoms with van der Waals surface area (Å²) in [5, 5.41) is 11.9. The van der Waals surface area contributed by atoms with Gasteiger partial charge >= 0.3 is 5.97 Å². The van der Waals surface area contributed by atoms with Crippen LogP contribution in [0.1, 0.15) is 25.3 Å². The van der Waals surface area contributed by atoms with Crippen LogP contribution < -0.4 is 5.32 Å². The number of piperidine rings is 1. The number of hydrogen-bond acceptors (Lipinski definition) is 5. The molecule has 0 radical (unpaired) electrons. The van der Waals surface area contributed by atoms with E-state index in [0.717, 1.165) is 0 Å². The lowest BCUT2D eigenvalue weighted by molar-refractivity contribution is -0.147. The fourth-order valence-corrected chi connectivity index (χ4v) is 2.78. The Kier molecular flexibility index (Phi) is 5.72. The van der Waals surface area contributed by atoms with Gasteiger partial charge in [-0.2, -0.15) is 5.26 Å². The SMILES string of the molecule is COC(=O)C1CCN([C@@H](C)C(=O)Nc2ccccc2C#N)CC1. The van der Waals surface area contributed by atoms with Crippen molar-refractivity contribution in [3.05, 3.63) is 29.8 Å². The third kappa shape index (κ3) is 4.08.